The van der Waals surface area contributed by atoms with Gasteiger partial charge in [-0.1, -0.05) is 35.9 Å². The molecule has 0 radical (unpaired) electrons. The quantitative estimate of drug-likeness (QED) is 0.878. The lowest BCUT2D eigenvalue weighted by atomic mass is 10.1. The largest absolute Gasteiger partial charge is 0.507 e. The van der Waals surface area contributed by atoms with Crippen molar-refractivity contribution < 1.29 is 14.6 Å². The van der Waals surface area contributed by atoms with Crippen molar-refractivity contribution in [2.24, 2.45) is 0 Å². The van der Waals surface area contributed by atoms with Gasteiger partial charge in [0.1, 0.15) is 5.75 Å². The minimum absolute atomic E-state index is 0.00435. The summed E-state index contributed by atoms with van der Waals surface area (Å²) in [5.74, 6) is -0.257. The Kier molecular flexibility index (Phi) is 5.68. The molecule has 0 unspecified atom stereocenters. The molecule has 0 aromatic heterocycles. The van der Waals surface area contributed by atoms with Crippen molar-refractivity contribution in [2.75, 3.05) is 26.3 Å². The second kappa shape index (κ2) is 8.14. The summed E-state index contributed by atoms with van der Waals surface area (Å²) in [6, 6.07) is 13.2. The molecule has 25 heavy (non-hydrogen) atoms. The Morgan fingerprint density at radius 1 is 1.16 bits per heavy atom. The van der Waals surface area contributed by atoms with Crippen LogP contribution in [0.25, 0.3) is 0 Å². The molecule has 3 rings (SSSR count). The van der Waals surface area contributed by atoms with Crippen molar-refractivity contribution in [1.82, 2.24) is 10.2 Å². The number of hydrogen-bond donors (Lipinski definition) is 2. The second-order valence-electron chi connectivity index (χ2n) is 6.36. The van der Waals surface area contributed by atoms with Crippen LogP contribution in [0, 0.1) is 6.92 Å². The second-order valence-corrected chi connectivity index (χ2v) is 6.36. The van der Waals surface area contributed by atoms with Gasteiger partial charge in [-0.05, 0) is 30.2 Å². The Morgan fingerprint density at radius 3 is 2.64 bits per heavy atom. The molecular weight excluding hydrogens is 316 g/mol. The van der Waals surface area contributed by atoms with E-state index in [1.807, 2.05) is 25.1 Å². The molecule has 2 aromatic rings. The van der Waals surface area contributed by atoms with Gasteiger partial charge < -0.3 is 15.2 Å². The maximum atomic E-state index is 12.4. The zero-order chi connectivity index (χ0) is 17.6. The van der Waals surface area contributed by atoms with Crippen LogP contribution in [0.3, 0.4) is 0 Å². The molecule has 0 spiro atoms. The molecule has 1 aliphatic rings. The monoisotopic (exact) mass is 340 g/mol. The van der Waals surface area contributed by atoms with Crippen LogP contribution in [0.15, 0.2) is 42.5 Å². The van der Waals surface area contributed by atoms with Crippen molar-refractivity contribution in [3.05, 3.63) is 64.7 Å². The number of phenols is 1. The van der Waals surface area contributed by atoms with E-state index < -0.39 is 0 Å². The number of rotatable bonds is 5. The van der Waals surface area contributed by atoms with E-state index in [0.717, 1.165) is 44.0 Å². The number of hydrogen-bond acceptors (Lipinski definition) is 4. The van der Waals surface area contributed by atoms with Gasteiger partial charge in [-0.2, -0.15) is 0 Å². The van der Waals surface area contributed by atoms with Crippen LogP contribution in [-0.4, -0.2) is 42.2 Å². The first-order valence-electron chi connectivity index (χ1n) is 8.58. The lowest BCUT2D eigenvalue weighted by Gasteiger charge is -2.27. The van der Waals surface area contributed by atoms with E-state index in [1.54, 1.807) is 18.2 Å². The van der Waals surface area contributed by atoms with E-state index in [4.69, 9.17) is 4.74 Å². The zero-order valence-electron chi connectivity index (χ0n) is 14.5. The first-order valence-corrected chi connectivity index (χ1v) is 8.58. The first kappa shape index (κ1) is 17.5. The number of aryl methyl sites for hydroxylation is 1. The number of benzene rings is 2. The van der Waals surface area contributed by atoms with Gasteiger partial charge >= 0.3 is 0 Å². The lowest BCUT2D eigenvalue weighted by Crippen LogP contribution is -2.36. The Labute approximate surface area is 148 Å². The molecule has 1 fully saturated rings. The molecule has 5 nitrogen and oxygen atoms in total. The molecular formula is C20H24N2O3. The van der Waals surface area contributed by atoms with Gasteiger partial charge in [0.05, 0.1) is 18.8 Å². The van der Waals surface area contributed by atoms with Crippen molar-refractivity contribution in [3.8, 4) is 5.75 Å². The third-order valence-corrected chi connectivity index (χ3v) is 4.45. The highest BCUT2D eigenvalue weighted by molar-refractivity contribution is 5.96. The standard InChI is InChI=1S/C20H24N2O3/c1-15-6-7-19(23)18(12-15)20(24)21-13-16-4-2-3-5-17(16)14-22-8-10-25-11-9-22/h2-7,12,23H,8-11,13-14H2,1H3,(H,21,24). The number of nitrogens with zero attached hydrogens (tertiary/aromatic N) is 1. The fraction of sp³-hybridized carbons (Fsp3) is 0.350. The summed E-state index contributed by atoms with van der Waals surface area (Å²) in [7, 11) is 0. The van der Waals surface area contributed by atoms with E-state index in [0.29, 0.717) is 12.1 Å². The fourth-order valence-electron chi connectivity index (χ4n) is 2.99. The van der Waals surface area contributed by atoms with E-state index in [9.17, 15) is 9.90 Å². The van der Waals surface area contributed by atoms with Crippen molar-refractivity contribution in [2.45, 2.75) is 20.0 Å². The molecule has 0 aliphatic carbocycles. The third kappa shape index (κ3) is 4.59. The van der Waals surface area contributed by atoms with Crippen molar-refractivity contribution in [3.63, 3.8) is 0 Å². The number of amides is 1. The van der Waals surface area contributed by atoms with Crippen LogP contribution in [0.2, 0.25) is 0 Å². The molecule has 0 bridgehead atoms. The lowest BCUT2D eigenvalue weighted by molar-refractivity contribution is 0.0340. The maximum Gasteiger partial charge on any atom is 0.255 e. The smallest absolute Gasteiger partial charge is 0.255 e. The number of carbonyl (C=O) groups excluding carboxylic acids is 1. The van der Waals surface area contributed by atoms with E-state index in [2.05, 4.69) is 16.3 Å². The van der Waals surface area contributed by atoms with Crippen molar-refractivity contribution in [1.29, 1.82) is 0 Å². The first-order chi connectivity index (χ1) is 12.1. The fourth-order valence-corrected chi connectivity index (χ4v) is 2.99. The molecule has 0 atom stereocenters. The number of phenolic OH excluding ortho intramolecular Hbond substituents is 1. The SMILES string of the molecule is Cc1ccc(O)c(C(=O)NCc2ccccc2CN2CCOCC2)c1. The number of nitrogens with one attached hydrogen (secondary N) is 1. The molecule has 2 N–H and O–H groups in total. The average Bonchev–Trinajstić information content (AvgIpc) is 2.63. The van der Waals surface area contributed by atoms with Gasteiger partial charge in [0.25, 0.3) is 5.91 Å². The third-order valence-electron chi connectivity index (χ3n) is 4.45. The zero-order valence-corrected chi connectivity index (χ0v) is 14.5. The van der Waals surface area contributed by atoms with Gasteiger partial charge in [0, 0.05) is 26.2 Å². The highest BCUT2D eigenvalue weighted by Gasteiger charge is 2.14. The summed E-state index contributed by atoms with van der Waals surface area (Å²) in [6.07, 6.45) is 0. The van der Waals surface area contributed by atoms with E-state index in [1.165, 1.54) is 5.56 Å². The molecule has 1 amide bonds. The van der Waals surface area contributed by atoms with E-state index in [-0.39, 0.29) is 11.7 Å². The summed E-state index contributed by atoms with van der Waals surface area (Å²) < 4.78 is 5.39. The highest BCUT2D eigenvalue weighted by Crippen LogP contribution is 2.18. The molecule has 1 heterocycles. The average molecular weight is 340 g/mol. The van der Waals surface area contributed by atoms with Gasteiger partial charge in [0.2, 0.25) is 0 Å². The summed E-state index contributed by atoms with van der Waals surface area (Å²) >= 11 is 0. The molecule has 0 saturated carbocycles. The summed E-state index contributed by atoms with van der Waals surface area (Å²) in [5, 5.41) is 12.8. The Bertz CT molecular complexity index is 739. The highest BCUT2D eigenvalue weighted by atomic mass is 16.5. The minimum Gasteiger partial charge on any atom is -0.507 e. The minimum atomic E-state index is -0.262. The summed E-state index contributed by atoms with van der Waals surface area (Å²) in [4.78, 5) is 14.8. The number of carbonyl (C=O) groups is 1. The molecule has 132 valence electrons. The number of morpholine rings is 1. The predicted octanol–water partition coefficient (Wildman–Crippen LogP) is 2.46. The van der Waals surface area contributed by atoms with E-state index >= 15 is 0 Å². The topological polar surface area (TPSA) is 61.8 Å². The molecule has 1 aliphatic heterocycles. The van der Waals surface area contributed by atoms with Crippen LogP contribution >= 0.6 is 0 Å². The van der Waals surface area contributed by atoms with Crippen LogP contribution in [0.4, 0.5) is 0 Å². The van der Waals surface area contributed by atoms with Gasteiger partial charge in [0.15, 0.2) is 0 Å². The van der Waals surface area contributed by atoms with Crippen LogP contribution in [0.1, 0.15) is 27.0 Å². The summed E-state index contributed by atoms with van der Waals surface area (Å²) in [6.45, 7) is 6.58. The molecule has 5 heteroatoms. The van der Waals surface area contributed by atoms with Gasteiger partial charge in [-0.15, -0.1) is 0 Å². The Hall–Kier alpha value is -2.37. The summed E-state index contributed by atoms with van der Waals surface area (Å²) in [5.41, 5.74) is 3.55. The number of ether oxygens (including phenoxy) is 1. The Morgan fingerprint density at radius 2 is 1.88 bits per heavy atom. The molecule has 1 saturated heterocycles. The van der Waals surface area contributed by atoms with Crippen LogP contribution in [0.5, 0.6) is 5.75 Å². The van der Waals surface area contributed by atoms with Crippen molar-refractivity contribution >= 4 is 5.91 Å². The van der Waals surface area contributed by atoms with Gasteiger partial charge in [-0.3, -0.25) is 9.69 Å². The van der Waals surface area contributed by atoms with Crippen LogP contribution < -0.4 is 5.32 Å². The van der Waals surface area contributed by atoms with Crippen LogP contribution in [-0.2, 0) is 17.8 Å². The predicted molar refractivity (Wildman–Crippen MR) is 96.6 cm³/mol. The number of aromatic hydroxyl groups is 1. The normalized spacial score (nSPS) is 15.1. The van der Waals surface area contributed by atoms with Gasteiger partial charge in [-0.25, -0.2) is 0 Å². The Balaban J connectivity index is 1.66. The maximum absolute atomic E-state index is 12.4. The molecule has 2 aromatic carbocycles.